The molecule has 0 bridgehead atoms. The number of aliphatic hydroxyl groups is 1. The summed E-state index contributed by atoms with van der Waals surface area (Å²) in [7, 11) is 0. The highest BCUT2D eigenvalue weighted by Crippen LogP contribution is 2.32. The van der Waals surface area contributed by atoms with E-state index in [1.807, 2.05) is 38.1 Å². The molecule has 0 saturated carbocycles. The molecule has 2 nitrogen and oxygen atoms in total. The number of aliphatic hydroxyl groups excluding tert-OH is 1. The van der Waals surface area contributed by atoms with Crippen LogP contribution in [0.25, 0.3) is 0 Å². The van der Waals surface area contributed by atoms with Gasteiger partial charge in [0.25, 0.3) is 0 Å². The van der Waals surface area contributed by atoms with Gasteiger partial charge in [-0.1, -0.05) is 68.8 Å². The maximum absolute atomic E-state index is 10.8. The summed E-state index contributed by atoms with van der Waals surface area (Å²) in [6, 6.07) is 14.4. The van der Waals surface area contributed by atoms with Crippen LogP contribution in [0.5, 0.6) is 0 Å². The van der Waals surface area contributed by atoms with Crippen LogP contribution < -0.4 is 0 Å². The summed E-state index contributed by atoms with van der Waals surface area (Å²) in [5, 5.41) is 9.98. The number of ketones is 1. The Bertz CT molecular complexity index is 770. The Balaban J connectivity index is 0.000000327. The van der Waals surface area contributed by atoms with Crippen LogP contribution in [-0.4, -0.2) is 17.0 Å². The van der Waals surface area contributed by atoms with E-state index < -0.39 is 0 Å². The van der Waals surface area contributed by atoms with E-state index in [0.29, 0.717) is 5.92 Å². The Morgan fingerprint density at radius 1 is 1.07 bits per heavy atom. The lowest BCUT2D eigenvalue weighted by molar-refractivity contribution is 0.101. The van der Waals surface area contributed by atoms with E-state index in [1.165, 1.54) is 41.5 Å². The summed E-state index contributed by atoms with van der Waals surface area (Å²) in [5.41, 5.74) is 6.31. The minimum Gasteiger partial charge on any atom is -0.393 e. The molecule has 3 atom stereocenters. The average molecular weight is 383 g/mol. The molecule has 2 aromatic carbocycles. The molecular weight excluding hydrogens is 344 g/mol. The third-order valence-corrected chi connectivity index (χ3v) is 5.79. The third-order valence-electron chi connectivity index (χ3n) is 5.79. The fraction of sp³-hybridized carbons (Fsp3) is 0.500. The quantitative estimate of drug-likeness (QED) is 0.623. The molecule has 0 amide bonds. The van der Waals surface area contributed by atoms with Crippen LogP contribution in [0.4, 0.5) is 0 Å². The van der Waals surface area contributed by atoms with Crippen molar-refractivity contribution >= 4 is 5.78 Å². The molecule has 0 spiro atoms. The van der Waals surface area contributed by atoms with Gasteiger partial charge < -0.3 is 5.11 Å². The summed E-state index contributed by atoms with van der Waals surface area (Å²) in [6.45, 7) is 12.2. The zero-order valence-corrected chi connectivity index (χ0v) is 18.3. The van der Waals surface area contributed by atoms with Crippen molar-refractivity contribution in [3.63, 3.8) is 0 Å². The van der Waals surface area contributed by atoms with Crippen molar-refractivity contribution in [1.29, 1.82) is 0 Å². The monoisotopic (exact) mass is 382 g/mol. The average Bonchev–Trinajstić information content (AvgIpc) is 2.62. The van der Waals surface area contributed by atoms with Crippen molar-refractivity contribution in [2.75, 3.05) is 0 Å². The van der Waals surface area contributed by atoms with Crippen molar-refractivity contribution in [2.45, 2.75) is 72.8 Å². The normalized spacial score (nSPS) is 17.9. The van der Waals surface area contributed by atoms with Gasteiger partial charge in [-0.05, 0) is 68.6 Å². The van der Waals surface area contributed by atoms with E-state index in [0.717, 1.165) is 11.5 Å². The fourth-order valence-corrected chi connectivity index (χ4v) is 4.17. The van der Waals surface area contributed by atoms with Gasteiger partial charge in [0.15, 0.2) is 5.78 Å². The molecule has 2 unspecified atom stereocenters. The molecule has 28 heavy (non-hydrogen) atoms. The minimum absolute atomic E-state index is 0. The first-order chi connectivity index (χ1) is 13.2. The molecule has 1 aliphatic rings. The molecule has 0 heterocycles. The maximum atomic E-state index is 10.8. The van der Waals surface area contributed by atoms with Gasteiger partial charge in [-0.3, -0.25) is 4.79 Å². The van der Waals surface area contributed by atoms with Gasteiger partial charge in [-0.2, -0.15) is 0 Å². The number of Topliss-reactive ketones (excluding diaryl/α,β-unsaturated/α-hetero) is 1. The van der Waals surface area contributed by atoms with Gasteiger partial charge in [-0.15, -0.1) is 0 Å². The Morgan fingerprint density at radius 3 is 2.25 bits per heavy atom. The lowest BCUT2D eigenvalue weighted by atomic mass is 9.79. The number of carbonyl (C=O) groups is 1. The molecule has 3 rings (SSSR count). The Labute approximate surface area is 172 Å². The number of benzene rings is 2. The van der Waals surface area contributed by atoms with Crippen molar-refractivity contribution in [1.82, 2.24) is 0 Å². The molecule has 0 aromatic heterocycles. The topological polar surface area (TPSA) is 37.3 Å². The number of hydrogen-bond donors (Lipinski definition) is 1. The molecule has 0 saturated heterocycles. The number of aryl methyl sites for hydroxylation is 2. The lowest BCUT2D eigenvalue weighted by Crippen LogP contribution is -2.21. The first kappa shape index (κ1) is 22.4. The molecule has 0 aliphatic heterocycles. The highest BCUT2D eigenvalue weighted by Gasteiger charge is 2.23. The summed E-state index contributed by atoms with van der Waals surface area (Å²) < 4.78 is 0. The number of carbonyl (C=O) groups excluding carboxylic acids is 1. The third kappa shape index (κ3) is 6.04. The molecule has 1 N–H and O–H groups in total. The van der Waals surface area contributed by atoms with Gasteiger partial charge in [0.1, 0.15) is 0 Å². The SMILES string of the molecule is CC(=O)c1ccc(C)cc1.CC1CCc2cc(C(C(C)C)[C@H](C)O)ccc2C1.[HH]. The van der Waals surface area contributed by atoms with E-state index in [1.54, 1.807) is 6.92 Å². The van der Waals surface area contributed by atoms with Crippen LogP contribution in [0.15, 0.2) is 42.5 Å². The Hall–Kier alpha value is -1.93. The second kappa shape index (κ2) is 10.0. The summed E-state index contributed by atoms with van der Waals surface area (Å²) in [5.74, 6) is 1.68. The van der Waals surface area contributed by atoms with Gasteiger partial charge >= 0.3 is 0 Å². The molecule has 0 radical (unpaired) electrons. The summed E-state index contributed by atoms with van der Waals surface area (Å²) in [4.78, 5) is 10.8. The molecular formula is C26H38O2. The highest BCUT2D eigenvalue weighted by molar-refractivity contribution is 5.93. The van der Waals surface area contributed by atoms with Gasteiger partial charge in [-0.25, -0.2) is 0 Å². The Morgan fingerprint density at radius 2 is 1.71 bits per heavy atom. The molecule has 0 fully saturated rings. The van der Waals surface area contributed by atoms with E-state index in [-0.39, 0.29) is 19.2 Å². The van der Waals surface area contributed by atoms with E-state index in [2.05, 4.69) is 39.0 Å². The maximum Gasteiger partial charge on any atom is 0.159 e. The number of fused-ring (bicyclic) bond motifs is 1. The second-order valence-corrected chi connectivity index (χ2v) is 8.81. The summed E-state index contributed by atoms with van der Waals surface area (Å²) in [6.07, 6.45) is 3.45. The second-order valence-electron chi connectivity index (χ2n) is 8.81. The largest absolute Gasteiger partial charge is 0.393 e. The number of rotatable bonds is 4. The minimum atomic E-state index is -0.273. The van der Waals surface area contributed by atoms with Crippen LogP contribution in [0.2, 0.25) is 0 Å². The van der Waals surface area contributed by atoms with Crippen LogP contribution >= 0.6 is 0 Å². The van der Waals surface area contributed by atoms with Crippen molar-refractivity contribution in [3.8, 4) is 0 Å². The van der Waals surface area contributed by atoms with Gasteiger partial charge in [0.05, 0.1) is 6.10 Å². The lowest BCUT2D eigenvalue weighted by Gasteiger charge is -2.27. The highest BCUT2D eigenvalue weighted by atomic mass is 16.3. The first-order valence-electron chi connectivity index (χ1n) is 10.6. The van der Waals surface area contributed by atoms with Crippen LogP contribution in [0.3, 0.4) is 0 Å². The molecule has 2 aromatic rings. The smallest absolute Gasteiger partial charge is 0.159 e. The molecule has 1 aliphatic carbocycles. The van der Waals surface area contributed by atoms with E-state index in [9.17, 15) is 9.90 Å². The van der Waals surface area contributed by atoms with Crippen molar-refractivity contribution in [2.24, 2.45) is 11.8 Å². The fourth-order valence-electron chi connectivity index (χ4n) is 4.17. The standard InChI is InChI=1S/C17H26O.C9H10O.H2/c1-11(2)17(13(4)18)16-8-7-14-9-12(3)5-6-15(14)10-16;1-7-3-5-9(6-4-7)8(2)10;/h7-8,10-13,17-18H,5-6,9H2,1-4H3;3-6H,1-2H3;1H/t12?,13-,17?;;/m0../s1. The van der Waals surface area contributed by atoms with Gasteiger partial charge in [0, 0.05) is 12.9 Å². The Kier molecular flexibility index (Phi) is 8.00. The number of hydrogen-bond acceptors (Lipinski definition) is 2. The van der Waals surface area contributed by atoms with Crippen LogP contribution in [0.1, 0.15) is 81.0 Å². The van der Waals surface area contributed by atoms with Crippen molar-refractivity contribution in [3.05, 3.63) is 70.3 Å². The zero-order valence-electron chi connectivity index (χ0n) is 18.3. The zero-order chi connectivity index (χ0) is 20.8. The predicted octanol–water partition coefficient (Wildman–Crippen LogP) is 6.38. The molecule has 2 heteroatoms. The van der Waals surface area contributed by atoms with Crippen LogP contribution in [-0.2, 0) is 12.8 Å². The van der Waals surface area contributed by atoms with Crippen molar-refractivity contribution < 1.29 is 11.3 Å². The summed E-state index contributed by atoms with van der Waals surface area (Å²) >= 11 is 0. The van der Waals surface area contributed by atoms with E-state index >= 15 is 0 Å². The predicted molar refractivity (Wildman–Crippen MR) is 120 cm³/mol. The molecule has 154 valence electrons. The first-order valence-corrected chi connectivity index (χ1v) is 10.6. The van der Waals surface area contributed by atoms with Gasteiger partial charge in [0.2, 0.25) is 0 Å². The van der Waals surface area contributed by atoms with Crippen LogP contribution in [0, 0.1) is 18.8 Å². The van der Waals surface area contributed by atoms with E-state index in [4.69, 9.17) is 0 Å².